The molecule has 0 saturated heterocycles. The third-order valence-electron chi connectivity index (χ3n) is 3.77. The number of carboxylic acids is 1. The van der Waals surface area contributed by atoms with Crippen LogP contribution in [0.2, 0.25) is 0 Å². The molecule has 112 valence electrons. The Morgan fingerprint density at radius 1 is 1.41 bits per heavy atom. The lowest BCUT2D eigenvalue weighted by Gasteiger charge is -2.14. The van der Waals surface area contributed by atoms with Crippen molar-refractivity contribution in [3.63, 3.8) is 0 Å². The van der Waals surface area contributed by atoms with E-state index in [0.29, 0.717) is 16.7 Å². The molecule has 0 bridgehead atoms. The highest BCUT2D eigenvalue weighted by molar-refractivity contribution is 8.02. The van der Waals surface area contributed by atoms with Gasteiger partial charge in [0.05, 0.1) is 11.3 Å². The first kappa shape index (κ1) is 15.1. The van der Waals surface area contributed by atoms with E-state index >= 15 is 0 Å². The van der Waals surface area contributed by atoms with Gasteiger partial charge in [-0.1, -0.05) is 36.1 Å². The summed E-state index contributed by atoms with van der Waals surface area (Å²) in [7, 11) is 0. The van der Waals surface area contributed by atoms with Crippen LogP contribution in [0.25, 0.3) is 0 Å². The molecule has 2 unspecified atom stereocenters. The van der Waals surface area contributed by atoms with Crippen LogP contribution in [0.3, 0.4) is 0 Å². The summed E-state index contributed by atoms with van der Waals surface area (Å²) in [6.45, 7) is 1.61. The highest BCUT2D eigenvalue weighted by Gasteiger charge is 2.26. The fraction of sp³-hybridized carbons (Fsp3) is 0.176. The van der Waals surface area contributed by atoms with Crippen LogP contribution in [-0.2, 0) is 4.79 Å². The number of fused-ring (bicyclic) bond motifs is 2. The zero-order chi connectivity index (χ0) is 15.9. The molecule has 3 nitrogen and oxygen atoms in total. The van der Waals surface area contributed by atoms with E-state index in [4.69, 9.17) is 16.7 Å². The maximum Gasteiger partial charge on any atom is 0.310 e. The van der Waals surface area contributed by atoms with Crippen molar-refractivity contribution >= 4 is 35.1 Å². The number of rotatable bonds is 2. The lowest BCUT2D eigenvalue weighted by atomic mass is 9.91. The Morgan fingerprint density at radius 3 is 2.91 bits per heavy atom. The molecule has 0 aromatic heterocycles. The molecule has 0 amide bonds. The van der Waals surface area contributed by atoms with E-state index in [9.17, 15) is 9.59 Å². The molecule has 0 fully saturated rings. The molecular formula is C17H13ClO3S. The average molecular weight is 333 g/mol. The van der Waals surface area contributed by atoms with E-state index in [1.807, 2.05) is 23.6 Å². The summed E-state index contributed by atoms with van der Waals surface area (Å²) in [6.07, 6.45) is 5.42. The first-order valence-corrected chi connectivity index (χ1v) is 8.11. The van der Waals surface area contributed by atoms with Crippen molar-refractivity contribution in [3.8, 4) is 0 Å². The summed E-state index contributed by atoms with van der Waals surface area (Å²) < 4.78 is 0. The van der Waals surface area contributed by atoms with Crippen LogP contribution in [0.5, 0.6) is 0 Å². The van der Waals surface area contributed by atoms with Gasteiger partial charge in [-0.05, 0) is 35.6 Å². The number of Topliss-reactive ketones (excluding diaryl/α,β-unsaturated/α-hetero) is 1. The molecule has 1 N–H and O–H groups in total. The summed E-state index contributed by atoms with van der Waals surface area (Å²) in [5.74, 6) is -1.67. The lowest BCUT2D eigenvalue weighted by Crippen LogP contribution is -2.12. The van der Waals surface area contributed by atoms with E-state index in [2.05, 4.69) is 0 Å². The van der Waals surface area contributed by atoms with E-state index in [1.54, 1.807) is 25.1 Å². The number of halogens is 1. The predicted octanol–water partition coefficient (Wildman–Crippen LogP) is 4.15. The Kier molecular flexibility index (Phi) is 3.98. The third kappa shape index (κ3) is 2.64. The van der Waals surface area contributed by atoms with Crippen LogP contribution in [0.4, 0.5) is 0 Å². The molecule has 22 heavy (non-hydrogen) atoms. The number of aliphatic carboxylic acids is 1. The molecule has 1 aliphatic heterocycles. The standard InChI is InChI=1S/C17H13ClO3S/c1-9(17(20)21)10-3-5-15-14(6-10)16(19)13-7-12(18)4-2-11(13)8-22-15/h2-9,12H,1H3,(H,20,21). The lowest BCUT2D eigenvalue weighted by molar-refractivity contribution is -0.138. The van der Waals surface area contributed by atoms with Gasteiger partial charge >= 0.3 is 5.97 Å². The summed E-state index contributed by atoms with van der Waals surface area (Å²) in [5.41, 5.74) is 2.58. The normalized spacial score (nSPS) is 21.2. The van der Waals surface area contributed by atoms with Crippen molar-refractivity contribution in [2.24, 2.45) is 0 Å². The van der Waals surface area contributed by atoms with Gasteiger partial charge in [0, 0.05) is 16.0 Å². The summed E-state index contributed by atoms with van der Waals surface area (Å²) in [6, 6.07) is 5.26. The van der Waals surface area contributed by atoms with Gasteiger partial charge in [-0.15, -0.1) is 11.6 Å². The highest BCUT2D eigenvalue weighted by atomic mass is 35.5. The van der Waals surface area contributed by atoms with Crippen LogP contribution >= 0.6 is 23.4 Å². The van der Waals surface area contributed by atoms with E-state index < -0.39 is 11.9 Å². The second kappa shape index (κ2) is 5.78. The van der Waals surface area contributed by atoms with Gasteiger partial charge in [-0.2, -0.15) is 0 Å². The van der Waals surface area contributed by atoms with Crippen LogP contribution in [-0.4, -0.2) is 22.2 Å². The number of benzene rings is 1. The van der Waals surface area contributed by atoms with Crippen molar-refractivity contribution in [2.45, 2.75) is 23.1 Å². The Morgan fingerprint density at radius 2 is 2.18 bits per heavy atom. The van der Waals surface area contributed by atoms with E-state index in [1.165, 1.54) is 11.8 Å². The fourth-order valence-corrected chi connectivity index (χ4v) is 3.50. The first-order valence-electron chi connectivity index (χ1n) is 6.80. The molecule has 0 spiro atoms. The zero-order valence-electron chi connectivity index (χ0n) is 11.7. The highest BCUT2D eigenvalue weighted by Crippen LogP contribution is 2.37. The molecule has 2 aliphatic rings. The first-order chi connectivity index (χ1) is 10.5. The topological polar surface area (TPSA) is 54.4 Å². The number of carboxylic acid groups (broad SMARTS) is 1. The van der Waals surface area contributed by atoms with Gasteiger partial charge in [0.1, 0.15) is 0 Å². The largest absolute Gasteiger partial charge is 0.481 e. The minimum atomic E-state index is -0.909. The van der Waals surface area contributed by atoms with E-state index in [-0.39, 0.29) is 11.2 Å². The Hall–Kier alpha value is -1.78. The van der Waals surface area contributed by atoms with Crippen LogP contribution in [0.1, 0.15) is 28.8 Å². The van der Waals surface area contributed by atoms with Crippen molar-refractivity contribution < 1.29 is 14.7 Å². The van der Waals surface area contributed by atoms with Gasteiger partial charge in [0.25, 0.3) is 0 Å². The third-order valence-corrected chi connectivity index (χ3v) is 5.03. The minimum Gasteiger partial charge on any atom is -0.481 e. The summed E-state index contributed by atoms with van der Waals surface area (Å²) in [4.78, 5) is 24.8. The Bertz CT molecular complexity index is 761. The second-order valence-electron chi connectivity index (χ2n) is 5.22. The number of ketones is 1. The smallest absolute Gasteiger partial charge is 0.310 e. The summed E-state index contributed by atoms with van der Waals surface area (Å²) in [5, 5.41) is 10.8. The van der Waals surface area contributed by atoms with Gasteiger partial charge in [0.15, 0.2) is 5.78 Å². The maximum absolute atomic E-state index is 12.8. The van der Waals surface area contributed by atoms with Gasteiger partial charge in [-0.3, -0.25) is 9.59 Å². The summed E-state index contributed by atoms with van der Waals surface area (Å²) >= 11 is 7.54. The van der Waals surface area contributed by atoms with E-state index in [0.717, 1.165) is 10.5 Å². The zero-order valence-corrected chi connectivity index (χ0v) is 13.3. The van der Waals surface area contributed by atoms with Crippen LogP contribution in [0.15, 0.2) is 57.9 Å². The molecule has 1 heterocycles. The Balaban J connectivity index is 2.08. The molecule has 0 saturated carbocycles. The maximum atomic E-state index is 12.8. The number of thioether (sulfide) groups is 1. The number of hydrogen-bond acceptors (Lipinski definition) is 3. The molecule has 1 aromatic rings. The molecule has 5 heteroatoms. The van der Waals surface area contributed by atoms with Crippen molar-refractivity contribution in [1.82, 2.24) is 0 Å². The number of allylic oxidation sites excluding steroid dienone is 5. The molecule has 2 atom stereocenters. The van der Waals surface area contributed by atoms with Gasteiger partial charge in [0.2, 0.25) is 0 Å². The van der Waals surface area contributed by atoms with Gasteiger partial charge < -0.3 is 5.11 Å². The molecular weight excluding hydrogens is 320 g/mol. The average Bonchev–Trinajstić information content (AvgIpc) is 2.64. The number of hydrogen-bond donors (Lipinski definition) is 1. The number of alkyl halides is 1. The molecule has 1 aliphatic carbocycles. The minimum absolute atomic E-state index is 0.110. The fourth-order valence-electron chi connectivity index (χ4n) is 2.42. The SMILES string of the molecule is CC(C(=O)O)c1ccc2c(c1)C(=O)C1=CC(Cl)C=CC1=CS2. The molecule has 0 radical (unpaired) electrons. The quantitative estimate of drug-likeness (QED) is 0.826. The van der Waals surface area contributed by atoms with Crippen LogP contribution in [0, 0.1) is 0 Å². The second-order valence-corrected chi connectivity index (χ2v) is 6.63. The van der Waals surface area contributed by atoms with Crippen LogP contribution < -0.4 is 0 Å². The predicted molar refractivity (Wildman–Crippen MR) is 87.6 cm³/mol. The number of carbonyl (C=O) groups excluding carboxylic acids is 1. The van der Waals surface area contributed by atoms with Gasteiger partial charge in [-0.25, -0.2) is 0 Å². The molecule has 3 rings (SSSR count). The molecule has 1 aromatic carbocycles. The monoisotopic (exact) mass is 332 g/mol. The van der Waals surface area contributed by atoms with Crippen molar-refractivity contribution in [1.29, 1.82) is 0 Å². The number of carbonyl (C=O) groups is 2. The Labute approximate surface area is 137 Å². The van der Waals surface area contributed by atoms with Crippen molar-refractivity contribution in [3.05, 3.63) is 64.1 Å². The van der Waals surface area contributed by atoms with Crippen molar-refractivity contribution in [2.75, 3.05) is 0 Å².